The number of pyridine rings is 1. The fourth-order valence-corrected chi connectivity index (χ4v) is 5.79. The quantitative estimate of drug-likeness (QED) is 0.743. The summed E-state index contributed by atoms with van der Waals surface area (Å²) in [4.78, 5) is 40.2. The van der Waals surface area contributed by atoms with E-state index in [1.165, 1.54) is 18.2 Å². The molecule has 1 amide bonds. The Morgan fingerprint density at radius 2 is 1.91 bits per heavy atom. The highest BCUT2D eigenvalue weighted by Gasteiger charge is 2.57. The van der Waals surface area contributed by atoms with E-state index in [2.05, 4.69) is 6.08 Å². The highest BCUT2D eigenvalue weighted by molar-refractivity contribution is 5.97. The van der Waals surface area contributed by atoms with E-state index in [1.807, 2.05) is 0 Å². The fourth-order valence-electron chi connectivity index (χ4n) is 5.79. The maximum Gasteiger partial charge on any atom is 0.326 e. The van der Waals surface area contributed by atoms with E-state index in [1.54, 1.807) is 16.7 Å². The third-order valence-electron chi connectivity index (χ3n) is 7.30. The Bertz CT molecular complexity index is 1220. The van der Waals surface area contributed by atoms with Gasteiger partial charge in [-0.2, -0.15) is 0 Å². The van der Waals surface area contributed by atoms with Gasteiger partial charge in [-0.1, -0.05) is 18.2 Å². The maximum absolute atomic E-state index is 14.5. The Hall–Kier alpha value is -3.26. The lowest BCUT2D eigenvalue weighted by atomic mass is 9.88. The molecule has 8 heteroatoms. The Labute approximate surface area is 189 Å². The molecule has 0 unspecified atom stereocenters. The number of aliphatic carboxylic acids is 1. The van der Waals surface area contributed by atoms with Crippen molar-refractivity contribution in [3.05, 3.63) is 75.5 Å². The zero-order valence-corrected chi connectivity index (χ0v) is 18.0. The Morgan fingerprint density at radius 3 is 2.58 bits per heavy atom. The third kappa shape index (κ3) is 3.31. The van der Waals surface area contributed by atoms with Gasteiger partial charge in [-0.3, -0.25) is 9.59 Å². The molecule has 0 saturated carbocycles. The average molecular weight is 452 g/mol. The first kappa shape index (κ1) is 21.6. The molecule has 172 valence electrons. The summed E-state index contributed by atoms with van der Waals surface area (Å²) in [6, 6.07) is 6.91. The van der Waals surface area contributed by atoms with Crippen LogP contribution in [-0.4, -0.2) is 44.2 Å². The topological polar surface area (TPSA) is 99.8 Å². The number of aliphatic hydroxyl groups excluding tert-OH is 1. The zero-order valence-electron chi connectivity index (χ0n) is 18.0. The molecule has 4 atom stereocenters. The van der Waals surface area contributed by atoms with Crippen LogP contribution >= 0.6 is 0 Å². The van der Waals surface area contributed by atoms with Crippen LogP contribution in [0.4, 0.5) is 4.39 Å². The molecule has 2 N–H and O–H groups in total. The second-order valence-electron chi connectivity index (χ2n) is 8.99. The van der Waals surface area contributed by atoms with Gasteiger partial charge in [0.1, 0.15) is 11.9 Å². The summed E-state index contributed by atoms with van der Waals surface area (Å²) >= 11 is 0. The molecular formula is C25H25FN2O5. The second kappa shape index (κ2) is 8.26. The summed E-state index contributed by atoms with van der Waals surface area (Å²) in [7, 11) is 0. The lowest BCUT2D eigenvalue weighted by molar-refractivity contribution is -0.143. The second-order valence-corrected chi connectivity index (χ2v) is 8.99. The Balaban J connectivity index is 1.63. The summed E-state index contributed by atoms with van der Waals surface area (Å²) in [6.07, 6.45) is 5.98. The van der Waals surface area contributed by atoms with Crippen LogP contribution in [0.5, 0.6) is 0 Å². The van der Waals surface area contributed by atoms with Crippen molar-refractivity contribution < 1.29 is 24.2 Å². The van der Waals surface area contributed by atoms with Crippen molar-refractivity contribution in [2.75, 3.05) is 6.61 Å². The van der Waals surface area contributed by atoms with Crippen LogP contribution in [0.3, 0.4) is 0 Å². The fraction of sp³-hybridized carbons (Fsp3) is 0.400. The number of hydrogen-bond acceptors (Lipinski definition) is 4. The lowest BCUT2D eigenvalue weighted by Crippen LogP contribution is -2.46. The molecule has 0 radical (unpaired) electrons. The van der Waals surface area contributed by atoms with Crippen molar-refractivity contribution in [3.8, 4) is 0 Å². The van der Waals surface area contributed by atoms with Crippen LogP contribution in [0.1, 0.15) is 53.3 Å². The van der Waals surface area contributed by atoms with E-state index in [9.17, 15) is 29.0 Å². The number of carboxylic acid groups (broad SMARTS) is 1. The summed E-state index contributed by atoms with van der Waals surface area (Å²) < 4.78 is 16.1. The monoisotopic (exact) mass is 452 g/mol. The first-order chi connectivity index (χ1) is 15.9. The van der Waals surface area contributed by atoms with E-state index in [0.29, 0.717) is 11.3 Å². The van der Waals surface area contributed by atoms with Crippen molar-refractivity contribution in [2.45, 2.75) is 44.3 Å². The molecule has 2 aromatic rings. The Morgan fingerprint density at radius 1 is 1.12 bits per heavy atom. The number of carboxylic acids is 1. The number of aliphatic hydroxyl groups is 1. The highest BCUT2D eigenvalue weighted by Crippen LogP contribution is 2.50. The van der Waals surface area contributed by atoms with Gasteiger partial charge in [0.05, 0.1) is 11.6 Å². The van der Waals surface area contributed by atoms with Gasteiger partial charge in [0.2, 0.25) is 0 Å². The van der Waals surface area contributed by atoms with Crippen molar-refractivity contribution in [3.63, 3.8) is 0 Å². The minimum atomic E-state index is -1.32. The molecule has 1 aromatic heterocycles. The number of nitrogens with zero attached hydrogens (tertiary/aromatic N) is 2. The van der Waals surface area contributed by atoms with Gasteiger partial charge in [-0.05, 0) is 55.5 Å². The van der Waals surface area contributed by atoms with Crippen molar-refractivity contribution in [1.29, 1.82) is 0 Å². The number of likely N-dealkylation sites (tertiary alicyclic amines) is 1. The Kier molecular flexibility index (Phi) is 5.40. The number of benzene rings is 1. The van der Waals surface area contributed by atoms with Crippen molar-refractivity contribution in [2.24, 2.45) is 11.8 Å². The van der Waals surface area contributed by atoms with Gasteiger partial charge in [-0.15, -0.1) is 0 Å². The smallest absolute Gasteiger partial charge is 0.326 e. The van der Waals surface area contributed by atoms with Gasteiger partial charge in [0, 0.05) is 36.2 Å². The molecular weight excluding hydrogens is 427 g/mol. The van der Waals surface area contributed by atoms with Gasteiger partial charge < -0.3 is 19.7 Å². The normalized spacial score (nSPS) is 26.0. The molecule has 7 nitrogen and oxygen atoms in total. The van der Waals surface area contributed by atoms with Gasteiger partial charge in [0.25, 0.3) is 11.5 Å². The van der Waals surface area contributed by atoms with E-state index < -0.39 is 48.2 Å². The molecule has 0 bridgehead atoms. The first-order valence-corrected chi connectivity index (χ1v) is 11.3. The molecule has 1 aromatic carbocycles. The number of halogens is 1. The van der Waals surface area contributed by atoms with Crippen LogP contribution in [0.2, 0.25) is 0 Å². The van der Waals surface area contributed by atoms with Crippen LogP contribution < -0.4 is 5.56 Å². The molecule has 3 aliphatic rings. The predicted octanol–water partition coefficient (Wildman–Crippen LogP) is 2.83. The molecule has 5 rings (SSSR count). The highest BCUT2D eigenvalue weighted by atomic mass is 19.1. The van der Waals surface area contributed by atoms with Gasteiger partial charge in [-0.25, -0.2) is 9.18 Å². The number of amides is 1. The van der Waals surface area contributed by atoms with Crippen LogP contribution in [-0.2, 0) is 11.3 Å². The number of rotatable bonds is 4. The maximum atomic E-state index is 14.5. The number of aromatic nitrogens is 1. The van der Waals surface area contributed by atoms with E-state index >= 15 is 0 Å². The average Bonchev–Trinajstić information content (AvgIpc) is 3.35. The molecule has 0 spiro atoms. The van der Waals surface area contributed by atoms with E-state index in [-0.39, 0.29) is 17.7 Å². The first-order valence-electron chi connectivity index (χ1n) is 11.3. The summed E-state index contributed by atoms with van der Waals surface area (Å²) in [5.41, 5.74) is 1.76. The lowest BCUT2D eigenvalue weighted by Gasteiger charge is -2.29. The molecule has 1 fully saturated rings. The molecule has 3 heterocycles. The predicted molar refractivity (Wildman–Crippen MR) is 118 cm³/mol. The largest absolute Gasteiger partial charge is 0.480 e. The molecule has 1 saturated heterocycles. The van der Waals surface area contributed by atoms with Crippen molar-refractivity contribution >= 4 is 17.4 Å². The molecule has 33 heavy (non-hydrogen) atoms. The summed E-state index contributed by atoms with van der Waals surface area (Å²) in [6.45, 7) is -0.254. The van der Waals surface area contributed by atoms with E-state index in [0.717, 1.165) is 42.2 Å². The standard InChI is InChI=1S/C25H25FN2O5/c26-19-9-5-4-8-16(19)24(31)28-21-17(18(13-29)22(28)25(32)33)12-27-20(21)11-10-15(23(27)30)14-6-2-1-3-7-14/h4-6,8-11,17-18,21-22,29H,1-3,7,12-13H2,(H,32,33)/t17-,18-,21+,22-/m1/s1. The molecule has 2 aliphatic heterocycles. The SMILES string of the molecule is O=C(O)[C@H]1[C@H](CO)[C@H]2Cn3c(ccc(C4=CCCCC4)c3=O)[C@H]2N1C(=O)c1ccccc1F. The third-order valence-corrected chi connectivity index (χ3v) is 7.30. The van der Waals surface area contributed by atoms with Crippen LogP contribution in [0.15, 0.2) is 47.3 Å². The van der Waals surface area contributed by atoms with Gasteiger partial charge in [0.15, 0.2) is 0 Å². The number of allylic oxidation sites excluding steroid dienone is 2. The number of fused-ring (bicyclic) bond motifs is 3. The summed E-state index contributed by atoms with van der Waals surface area (Å²) in [5.74, 6) is -4.00. The number of carbonyl (C=O) groups is 2. The number of hydrogen-bond donors (Lipinski definition) is 2. The van der Waals surface area contributed by atoms with E-state index in [4.69, 9.17) is 0 Å². The van der Waals surface area contributed by atoms with Gasteiger partial charge >= 0.3 is 5.97 Å². The molecule has 1 aliphatic carbocycles. The van der Waals surface area contributed by atoms with Crippen molar-refractivity contribution in [1.82, 2.24) is 9.47 Å². The number of carbonyl (C=O) groups excluding carboxylic acids is 1. The minimum absolute atomic E-state index is 0.170. The minimum Gasteiger partial charge on any atom is -0.480 e. The zero-order chi connectivity index (χ0) is 23.3. The summed E-state index contributed by atoms with van der Waals surface area (Å²) in [5, 5.41) is 20.0. The van der Waals surface area contributed by atoms with Crippen LogP contribution in [0, 0.1) is 17.7 Å². The van der Waals surface area contributed by atoms with Crippen LogP contribution in [0.25, 0.3) is 5.57 Å².